The van der Waals surface area contributed by atoms with Crippen molar-refractivity contribution in [3.05, 3.63) is 266 Å². The van der Waals surface area contributed by atoms with Gasteiger partial charge in [0.05, 0.1) is 6.04 Å². The van der Waals surface area contributed by atoms with Gasteiger partial charge in [-0.2, -0.15) is 0 Å². The average molecular weight is 809 g/mol. The Bertz CT molecular complexity index is 2890. The van der Waals surface area contributed by atoms with Crippen molar-refractivity contribution >= 4 is 34.0 Å². The Labute approximate surface area is 372 Å². The highest BCUT2D eigenvalue weighted by molar-refractivity contribution is 5.83. The Kier molecular flexibility index (Phi) is 11.2. The monoisotopic (exact) mass is 808 g/mol. The van der Waals surface area contributed by atoms with Gasteiger partial charge in [-0.25, -0.2) is 0 Å². The minimum atomic E-state index is 0.165. The molecule has 0 fully saturated rings. The third kappa shape index (κ3) is 8.53. The molecule has 302 valence electrons. The first-order valence-corrected chi connectivity index (χ1v) is 21.9. The minimum Gasteiger partial charge on any atom is -0.334 e. The SMILES string of the molecule is Cc1cc(-c2ccc(N(c3ccc(-c4ccccc4)cc3)c3ccc(-c4ccccc4)cc3)cc2)ccc1N(c1ccc(-c2ccccc2)cc1)C1C=CC(c2ccccc2)=CC1. The fraction of sp³-hybridized carbons (Fsp3) is 0.0492. The van der Waals surface area contributed by atoms with Gasteiger partial charge in [0.2, 0.25) is 0 Å². The molecular weight excluding hydrogens is 761 g/mol. The van der Waals surface area contributed by atoms with Crippen LogP contribution in [0.1, 0.15) is 17.5 Å². The largest absolute Gasteiger partial charge is 0.334 e. The Morgan fingerprint density at radius 1 is 0.349 bits per heavy atom. The Hall–Kier alpha value is -7.94. The summed E-state index contributed by atoms with van der Waals surface area (Å²) in [6.07, 6.45) is 7.95. The van der Waals surface area contributed by atoms with Crippen LogP contribution in [0.25, 0.3) is 50.1 Å². The molecule has 63 heavy (non-hydrogen) atoms. The summed E-state index contributed by atoms with van der Waals surface area (Å²) in [7, 11) is 0. The van der Waals surface area contributed by atoms with Gasteiger partial charge in [-0.3, -0.25) is 0 Å². The van der Waals surface area contributed by atoms with Gasteiger partial charge >= 0.3 is 0 Å². The summed E-state index contributed by atoms with van der Waals surface area (Å²) in [4.78, 5) is 4.85. The number of benzene rings is 9. The van der Waals surface area contributed by atoms with E-state index in [0.29, 0.717) is 0 Å². The van der Waals surface area contributed by atoms with E-state index in [0.717, 1.165) is 23.5 Å². The highest BCUT2D eigenvalue weighted by Crippen LogP contribution is 2.40. The van der Waals surface area contributed by atoms with Crippen LogP contribution < -0.4 is 9.80 Å². The Morgan fingerprint density at radius 3 is 1.08 bits per heavy atom. The summed E-state index contributed by atoms with van der Waals surface area (Å²) in [6.45, 7) is 2.25. The van der Waals surface area contributed by atoms with Crippen molar-refractivity contribution in [2.75, 3.05) is 9.80 Å². The molecule has 1 atom stereocenters. The van der Waals surface area contributed by atoms with Crippen molar-refractivity contribution in [2.24, 2.45) is 0 Å². The summed E-state index contributed by atoms with van der Waals surface area (Å²) in [5.74, 6) is 0. The second kappa shape index (κ2) is 18.0. The third-order valence-corrected chi connectivity index (χ3v) is 12.1. The topological polar surface area (TPSA) is 6.48 Å². The van der Waals surface area contributed by atoms with Crippen LogP contribution in [-0.2, 0) is 0 Å². The molecule has 1 aliphatic rings. The molecule has 0 bridgehead atoms. The van der Waals surface area contributed by atoms with Crippen LogP contribution in [0.5, 0.6) is 0 Å². The first kappa shape index (κ1) is 39.2. The molecule has 2 heteroatoms. The van der Waals surface area contributed by atoms with Crippen LogP contribution in [0.3, 0.4) is 0 Å². The van der Waals surface area contributed by atoms with Gasteiger partial charge in [0.15, 0.2) is 0 Å². The zero-order valence-electron chi connectivity index (χ0n) is 35.4. The fourth-order valence-corrected chi connectivity index (χ4v) is 8.82. The Morgan fingerprint density at radius 2 is 0.698 bits per heavy atom. The lowest BCUT2D eigenvalue weighted by molar-refractivity contribution is 0.785. The Balaban J connectivity index is 0.962. The normalized spacial score (nSPS) is 13.3. The maximum atomic E-state index is 2.51. The molecule has 0 saturated heterocycles. The predicted octanol–water partition coefficient (Wildman–Crippen LogP) is 16.7. The fourth-order valence-electron chi connectivity index (χ4n) is 8.82. The summed E-state index contributed by atoms with van der Waals surface area (Å²) in [5.41, 5.74) is 19.1. The van der Waals surface area contributed by atoms with Crippen LogP contribution in [-0.4, -0.2) is 6.04 Å². The number of rotatable bonds is 11. The molecule has 9 aromatic carbocycles. The molecule has 10 rings (SSSR count). The molecule has 0 N–H and O–H groups in total. The van der Waals surface area contributed by atoms with Crippen LogP contribution in [0.4, 0.5) is 28.4 Å². The van der Waals surface area contributed by atoms with Crippen LogP contribution in [0.2, 0.25) is 0 Å². The van der Waals surface area contributed by atoms with Gasteiger partial charge in [-0.05, 0) is 135 Å². The van der Waals surface area contributed by atoms with Gasteiger partial charge in [0, 0.05) is 28.4 Å². The number of nitrogens with zero attached hydrogens (tertiary/aromatic N) is 2. The lowest BCUT2D eigenvalue weighted by Gasteiger charge is -2.34. The summed E-state index contributed by atoms with van der Waals surface area (Å²) in [6, 6.07) is 85.4. The van der Waals surface area contributed by atoms with E-state index in [2.05, 4.69) is 272 Å². The van der Waals surface area contributed by atoms with E-state index in [9.17, 15) is 0 Å². The molecule has 0 saturated carbocycles. The van der Waals surface area contributed by atoms with Crippen LogP contribution >= 0.6 is 0 Å². The van der Waals surface area contributed by atoms with Crippen molar-refractivity contribution in [1.82, 2.24) is 0 Å². The zero-order chi connectivity index (χ0) is 42.4. The van der Waals surface area contributed by atoms with Crippen molar-refractivity contribution in [3.8, 4) is 44.5 Å². The minimum absolute atomic E-state index is 0.165. The van der Waals surface area contributed by atoms with Crippen molar-refractivity contribution in [1.29, 1.82) is 0 Å². The number of anilines is 5. The predicted molar refractivity (Wildman–Crippen MR) is 268 cm³/mol. The second-order valence-electron chi connectivity index (χ2n) is 16.2. The van der Waals surface area contributed by atoms with Gasteiger partial charge in [-0.15, -0.1) is 0 Å². The highest BCUT2D eigenvalue weighted by Gasteiger charge is 2.23. The standard InChI is InChI=1S/C61H48N2/c1-45-44-55(32-43-61(45)63(59-39-26-52(27-40-59)48-18-10-4-11-19-48)60-41-28-53(29-42-60)49-20-12-5-13-21-49)54-30-37-58(38-31-54)62(56-33-22-50(23-34-56)46-14-6-2-7-15-46)57-35-24-51(25-36-57)47-16-8-3-9-17-47/h2-41,43-44,60H,42H2,1H3. The molecule has 1 unspecified atom stereocenters. The molecule has 0 radical (unpaired) electrons. The van der Waals surface area contributed by atoms with Gasteiger partial charge in [0.25, 0.3) is 0 Å². The highest BCUT2D eigenvalue weighted by atomic mass is 15.2. The van der Waals surface area contributed by atoms with Gasteiger partial charge in [0.1, 0.15) is 0 Å². The molecule has 2 nitrogen and oxygen atoms in total. The first-order valence-electron chi connectivity index (χ1n) is 21.9. The van der Waals surface area contributed by atoms with Crippen molar-refractivity contribution < 1.29 is 0 Å². The van der Waals surface area contributed by atoms with Crippen LogP contribution in [0.15, 0.2) is 255 Å². The summed E-state index contributed by atoms with van der Waals surface area (Å²) < 4.78 is 0. The van der Waals surface area contributed by atoms with Crippen molar-refractivity contribution in [3.63, 3.8) is 0 Å². The summed E-state index contributed by atoms with van der Waals surface area (Å²) >= 11 is 0. The van der Waals surface area contributed by atoms with E-state index in [4.69, 9.17) is 0 Å². The molecule has 0 aromatic heterocycles. The molecule has 1 aliphatic carbocycles. The van der Waals surface area contributed by atoms with E-state index < -0.39 is 0 Å². The van der Waals surface area contributed by atoms with Crippen molar-refractivity contribution in [2.45, 2.75) is 19.4 Å². The number of allylic oxidation sites excluding steroid dienone is 2. The molecule has 0 aliphatic heterocycles. The van der Waals surface area contributed by atoms with Gasteiger partial charge < -0.3 is 9.80 Å². The zero-order valence-corrected chi connectivity index (χ0v) is 35.4. The lowest BCUT2D eigenvalue weighted by Crippen LogP contribution is -2.30. The third-order valence-electron chi connectivity index (χ3n) is 12.1. The van der Waals surface area contributed by atoms with Gasteiger partial charge in [-0.1, -0.05) is 194 Å². The number of hydrogen-bond acceptors (Lipinski definition) is 2. The van der Waals surface area contributed by atoms with E-state index in [-0.39, 0.29) is 6.04 Å². The molecule has 0 amide bonds. The molecule has 0 spiro atoms. The number of hydrogen-bond donors (Lipinski definition) is 0. The van der Waals surface area contributed by atoms with E-state index >= 15 is 0 Å². The maximum absolute atomic E-state index is 2.51. The lowest BCUT2D eigenvalue weighted by atomic mass is 9.94. The van der Waals surface area contributed by atoms with E-state index in [1.54, 1.807) is 0 Å². The quantitative estimate of drug-likeness (QED) is 0.128. The second-order valence-corrected chi connectivity index (χ2v) is 16.2. The summed E-state index contributed by atoms with van der Waals surface area (Å²) in [5, 5.41) is 0. The van der Waals surface area contributed by atoms with E-state index in [1.165, 1.54) is 72.6 Å². The molecular formula is C61H48N2. The molecule has 0 heterocycles. The first-order chi connectivity index (χ1) is 31.1. The smallest absolute Gasteiger partial charge is 0.0560 e. The average Bonchev–Trinajstić information content (AvgIpc) is 3.37. The maximum Gasteiger partial charge on any atom is 0.0560 e. The van der Waals surface area contributed by atoms with Crippen LogP contribution in [0, 0.1) is 6.92 Å². The number of aryl methyl sites for hydroxylation is 1. The van der Waals surface area contributed by atoms with E-state index in [1.807, 2.05) is 0 Å². The molecule has 9 aromatic rings.